The Labute approximate surface area is 140 Å². The number of anilines is 3. The second-order valence-electron chi connectivity index (χ2n) is 6.31. The number of benzene rings is 2. The van der Waals surface area contributed by atoms with Gasteiger partial charge in [0, 0.05) is 18.8 Å². The molecule has 5 heteroatoms. The molecule has 0 aliphatic carbocycles. The molecule has 0 saturated carbocycles. The van der Waals surface area contributed by atoms with Crippen molar-refractivity contribution < 1.29 is 8.78 Å². The fourth-order valence-corrected chi connectivity index (χ4v) is 3.39. The van der Waals surface area contributed by atoms with Crippen molar-refractivity contribution in [2.75, 3.05) is 16.8 Å². The van der Waals surface area contributed by atoms with E-state index >= 15 is 0 Å². The van der Waals surface area contributed by atoms with Crippen LogP contribution in [0.25, 0.3) is 0 Å². The molecule has 0 bridgehead atoms. The topological polar surface area (TPSA) is 30.3 Å². The summed E-state index contributed by atoms with van der Waals surface area (Å²) >= 11 is 0. The minimum absolute atomic E-state index is 0.193. The van der Waals surface area contributed by atoms with Crippen molar-refractivity contribution in [2.24, 2.45) is 0 Å². The van der Waals surface area contributed by atoms with Crippen LogP contribution in [0.2, 0.25) is 0 Å². The highest BCUT2D eigenvalue weighted by atomic mass is 19.1. The van der Waals surface area contributed by atoms with Gasteiger partial charge in [-0.05, 0) is 44.4 Å². The Morgan fingerprint density at radius 3 is 2.33 bits per heavy atom. The first-order valence-electron chi connectivity index (χ1n) is 7.80. The second-order valence-corrected chi connectivity index (χ2v) is 6.31. The summed E-state index contributed by atoms with van der Waals surface area (Å²) in [5, 5.41) is 9.03. The molecule has 124 valence electrons. The first-order valence-corrected chi connectivity index (χ1v) is 7.80. The number of hydrogen-bond acceptors (Lipinski definition) is 3. The van der Waals surface area contributed by atoms with Crippen LogP contribution in [0, 0.1) is 43.7 Å². The monoisotopic (exact) mass is 327 g/mol. The third-order valence-corrected chi connectivity index (χ3v) is 4.97. The Balaban J connectivity index is 2.33. The predicted octanol–water partition coefficient (Wildman–Crippen LogP) is 4.70. The summed E-state index contributed by atoms with van der Waals surface area (Å²) in [6, 6.07) is 6.94. The summed E-state index contributed by atoms with van der Waals surface area (Å²) in [6.45, 7) is 7.95. The molecule has 0 N–H and O–H groups in total. The first-order chi connectivity index (χ1) is 11.3. The van der Waals surface area contributed by atoms with Gasteiger partial charge in [-0.1, -0.05) is 12.1 Å². The van der Waals surface area contributed by atoms with E-state index in [1.165, 1.54) is 6.07 Å². The van der Waals surface area contributed by atoms with Gasteiger partial charge in [0.2, 0.25) is 0 Å². The predicted molar refractivity (Wildman–Crippen MR) is 91.7 cm³/mol. The molecule has 0 amide bonds. The zero-order valence-corrected chi connectivity index (χ0v) is 14.4. The van der Waals surface area contributed by atoms with E-state index in [0.717, 1.165) is 22.4 Å². The third-order valence-electron chi connectivity index (χ3n) is 4.97. The maximum absolute atomic E-state index is 14.7. The summed E-state index contributed by atoms with van der Waals surface area (Å²) in [5.74, 6) is -1.63. The minimum atomic E-state index is -0.829. The Kier molecular flexibility index (Phi) is 3.71. The Morgan fingerprint density at radius 2 is 1.71 bits per heavy atom. The lowest BCUT2D eigenvalue weighted by Gasteiger charge is -2.30. The van der Waals surface area contributed by atoms with Gasteiger partial charge >= 0.3 is 0 Å². The maximum Gasteiger partial charge on any atom is 0.169 e. The molecule has 0 spiro atoms. The van der Waals surface area contributed by atoms with Crippen molar-refractivity contribution in [3.63, 3.8) is 0 Å². The average Bonchev–Trinajstić information content (AvgIpc) is 2.77. The van der Waals surface area contributed by atoms with E-state index in [4.69, 9.17) is 5.26 Å². The number of nitrogens with zero attached hydrogens (tertiary/aromatic N) is 3. The average molecular weight is 327 g/mol. The highest BCUT2D eigenvalue weighted by molar-refractivity contribution is 5.87. The number of nitriles is 1. The van der Waals surface area contributed by atoms with Gasteiger partial charge in [0.15, 0.2) is 5.82 Å². The molecule has 0 radical (unpaired) electrons. The van der Waals surface area contributed by atoms with Crippen LogP contribution < -0.4 is 9.80 Å². The molecule has 0 aromatic heterocycles. The van der Waals surface area contributed by atoms with Crippen LogP contribution in [-0.2, 0) is 0 Å². The number of rotatable bonds is 1. The van der Waals surface area contributed by atoms with E-state index in [0.29, 0.717) is 5.69 Å². The van der Waals surface area contributed by atoms with Crippen LogP contribution >= 0.6 is 0 Å². The molecular weight excluding hydrogens is 308 g/mol. The lowest BCUT2D eigenvalue weighted by Crippen LogP contribution is -2.36. The number of halogens is 2. The third kappa shape index (κ3) is 2.06. The quantitative estimate of drug-likeness (QED) is 0.761. The van der Waals surface area contributed by atoms with E-state index in [-0.39, 0.29) is 11.9 Å². The van der Waals surface area contributed by atoms with Crippen molar-refractivity contribution in [1.82, 2.24) is 0 Å². The largest absolute Gasteiger partial charge is 0.350 e. The van der Waals surface area contributed by atoms with Gasteiger partial charge in [-0.2, -0.15) is 5.26 Å². The summed E-state index contributed by atoms with van der Waals surface area (Å²) in [6.07, 6.45) is -0.193. The number of fused-ring (bicyclic) bond motifs is 1. The molecule has 3 rings (SSSR count). The fourth-order valence-electron chi connectivity index (χ4n) is 3.39. The maximum atomic E-state index is 14.7. The molecule has 2 aromatic rings. The number of hydrogen-bond donors (Lipinski definition) is 0. The Bertz CT molecular complexity index is 883. The second kappa shape index (κ2) is 5.48. The summed E-state index contributed by atoms with van der Waals surface area (Å²) in [5.41, 5.74) is 4.37. The number of aryl methyl sites for hydroxylation is 2. The molecular formula is C19H19F2N3. The first kappa shape index (κ1) is 16.3. The summed E-state index contributed by atoms with van der Waals surface area (Å²) in [4.78, 5) is 3.69. The summed E-state index contributed by atoms with van der Waals surface area (Å²) < 4.78 is 28.9. The molecule has 1 heterocycles. The van der Waals surface area contributed by atoms with Gasteiger partial charge < -0.3 is 9.80 Å². The minimum Gasteiger partial charge on any atom is -0.350 e. The van der Waals surface area contributed by atoms with Crippen LogP contribution in [0.3, 0.4) is 0 Å². The van der Waals surface area contributed by atoms with Gasteiger partial charge in [0.25, 0.3) is 0 Å². The SMILES string of the molecule is Cc1ccc(C)c(N2c3cc(F)c(C#N)c(F)c3N(C)[C@@H]2C)c1C. The van der Waals surface area contributed by atoms with E-state index < -0.39 is 17.2 Å². The van der Waals surface area contributed by atoms with Crippen LogP contribution in [0.4, 0.5) is 25.8 Å². The van der Waals surface area contributed by atoms with Crippen LogP contribution in [0.1, 0.15) is 29.2 Å². The van der Waals surface area contributed by atoms with Crippen molar-refractivity contribution in [1.29, 1.82) is 5.26 Å². The van der Waals surface area contributed by atoms with E-state index in [1.807, 2.05) is 44.7 Å². The van der Waals surface area contributed by atoms with Gasteiger partial charge in [0.1, 0.15) is 29.3 Å². The van der Waals surface area contributed by atoms with Crippen LogP contribution in [0.5, 0.6) is 0 Å². The van der Waals surface area contributed by atoms with Crippen molar-refractivity contribution in [3.8, 4) is 6.07 Å². The van der Waals surface area contributed by atoms with E-state index in [2.05, 4.69) is 0 Å². The lowest BCUT2D eigenvalue weighted by molar-refractivity contribution is 0.577. The molecule has 0 saturated heterocycles. The highest BCUT2D eigenvalue weighted by Crippen LogP contribution is 2.48. The highest BCUT2D eigenvalue weighted by Gasteiger charge is 2.37. The molecule has 1 aliphatic heterocycles. The summed E-state index contributed by atoms with van der Waals surface area (Å²) in [7, 11) is 1.76. The smallest absolute Gasteiger partial charge is 0.169 e. The van der Waals surface area contributed by atoms with E-state index in [1.54, 1.807) is 18.0 Å². The fraction of sp³-hybridized carbons (Fsp3) is 0.316. The Hall–Kier alpha value is -2.61. The van der Waals surface area contributed by atoms with Gasteiger partial charge in [-0.15, -0.1) is 0 Å². The van der Waals surface area contributed by atoms with Crippen molar-refractivity contribution >= 4 is 17.1 Å². The normalized spacial score (nSPS) is 16.3. The molecule has 1 atom stereocenters. The van der Waals surface area contributed by atoms with Gasteiger partial charge in [0.05, 0.1) is 5.69 Å². The van der Waals surface area contributed by atoms with Crippen LogP contribution in [-0.4, -0.2) is 13.2 Å². The molecule has 0 fully saturated rings. The van der Waals surface area contributed by atoms with Gasteiger partial charge in [-0.25, -0.2) is 8.78 Å². The van der Waals surface area contributed by atoms with E-state index in [9.17, 15) is 8.78 Å². The van der Waals surface area contributed by atoms with Crippen molar-refractivity contribution in [2.45, 2.75) is 33.9 Å². The molecule has 2 aromatic carbocycles. The van der Waals surface area contributed by atoms with Gasteiger partial charge in [-0.3, -0.25) is 0 Å². The zero-order chi connectivity index (χ0) is 17.8. The van der Waals surface area contributed by atoms with Crippen molar-refractivity contribution in [3.05, 3.63) is 52.1 Å². The Morgan fingerprint density at radius 1 is 1.08 bits per heavy atom. The lowest BCUT2D eigenvalue weighted by atomic mass is 10.0. The molecule has 0 unspecified atom stereocenters. The molecule has 3 nitrogen and oxygen atoms in total. The standard InChI is InChI=1S/C19H19F2N3/c1-10-6-7-11(2)18(12(10)3)24-13(4)23(5)19-16(24)8-15(20)14(9-22)17(19)21/h6-8,13H,1-5H3/t13-/m0/s1. The molecule has 1 aliphatic rings. The van der Waals surface area contributed by atoms with Crippen LogP contribution in [0.15, 0.2) is 18.2 Å². The molecule has 24 heavy (non-hydrogen) atoms. The zero-order valence-electron chi connectivity index (χ0n) is 14.4.